The highest BCUT2D eigenvalue weighted by Crippen LogP contribution is 2.48. The van der Waals surface area contributed by atoms with E-state index >= 15 is 0 Å². The normalized spacial score (nSPS) is 15.5. The molecule has 1 unspecified atom stereocenters. The molecule has 1 aliphatic carbocycles. The van der Waals surface area contributed by atoms with Crippen molar-refractivity contribution in [2.24, 2.45) is 0 Å². The first-order chi connectivity index (χ1) is 27.7. The lowest BCUT2D eigenvalue weighted by atomic mass is 9.69. The Labute approximate surface area is 324 Å². The highest BCUT2D eigenvalue weighted by Gasteiger charge is 2.39. The molecule has 0 fully saturated rings. The number of allylic oxidation sites excluding steroid dienone is 4. The molecule has 56 heavy (non-hydrogen) atoms. The van der Waals surface area contributed by atoms with E-state index in [9.17, 15) is 0 Å². The number of hydrogen-bond donors (Lipinski definition) is 0. The number of fused-ring (bicyclic) bond motifs is 6. The molecule has 1 aliphatic rings. The van der Waals surface area contributed by atoms with Gasteiger partial charge in [0.1, 0.15) is 23.1 Å². The Morgan fingerprint density at radius 1 is 0.518 bits per heavy atom. The van der Waals surface area contributed by atoms with E-state index in [1.54, 1.807) is 6.33 Å². The van der Waals surface area contributed by atoms with Crippen LogP contribution in [0.5, 0.6) is 0 Å². The Bertz CT molecular complexity index is 3140. The topological polar surface area (TPSA) is 43.9 Å². The van der Waals surface area contributed by atoms with Gasteiger partial charge < -0.3 is 8.98 Å². The number of hydrogen-bond acceptors (Lipinski definition) is 3. The molecule has 0 aliphatic heterocycles. The van der Waals surface area contributed by atoms with E-state index in [-0.39, 0.29) is 0 Å². The van der Waals surface area contributed by atoms with Crippen molar-refractivity contribution in [3.63, 3.8) is 0 Å². The van der Waals surface area contributed by atoms with Gasteiger partial charge in [-0.2, -0.15) is 0 Å². The van der Waals surface area contributed by atoms with Gasteiger partial charge in [0.25, 0.3) is 0 Å². The van der Waals surface area contributed by atoms with Crippen molar-refractivity contribution >= 4 is 49.4 Å². The summed E-state index contributed by atoms with van der Waals surface area (Å²) in [4.78, 5) is 10.0. The monoisotopic (exact) mass is 717 g/mol. The van der Waals surface area contributed by atoms with E-state index in [2.05, 4.69) is 193 Å². The van der Waals surface area contributed by atoms with Crippen LogP contribution >= 0.6 is 0 Å². The smallest absolute Gasteiger partial charge is 0.176 e. The van der Waals surface area contributed by atoms with Crippen LogP contribution in [-0.2, 0) is 5.41 Å². The van der Waals surface area contributed by atoms with Crippen LogP contribution in [0.1, 0.15) is 23.2 Å². The number of nitrogens with zero attached hydrogens (tertiary/aromatic N) is 3. The predicted octanol–water partition coefficient (Wildman–Crippen LogP) is 13.1. The van der Waals surface area contributed by atoms with Gasteiger partial charge in [0, 0.05) is 21.8 Å². The minimum absolute atomic E-state index is 0.644. The molecule has 3 heterocycles. The van der Waals surface area contributed by atoms with E-state index in [1.165, 1.54) is 38.6 Å². The van der Waals surface area contributed by atoms with Crippen LogP contribution in [0.2, 0.25) is 0 Å². The predicted molar refractivity (Wildman–Crippen MR) is 230 cm³/mol. The van der Waals surface area contributed by atoms with Crippen LogP contribution in [-0.4, -0.2) is 14.5 Å². The maximum Gasteiger partial charge on any atom is 0.176 e. The van der Waals surface area contributed by atoms with Gasteiger partial charge in [0.05, 0.1) is 16.4 Å². The van der Waals surface area contributed by atoms with Crippen molar-refractivity contribution in [1.29, 1.82) is 0 Å². The lowest BCUT2D eigenvalue weighted by Crippen LogP contribution is -2.29. The molecule has 7 aromatic carbocycles. The quantitative estimate of drug-likeness (QED) is 0.172. The summed E-state index contributed by atoms with van der Waals surface area (Å²) >= 11 is 0. The van der Waals surface area contributed by atoms with E-state index < -0.39 is 5.41 Å². The molecule has 0 radical (unpaired) electrons. The zero-order valence-corrected chi connectivity index (χ0v) is 30.5. The Kier molecular flexibility index (Phi) is 7.42. The number of rotatable bonds is 6. The Hall–Kier alpha value is -7.30. The third-order valence-corrected chi connectivity index (χ3v) is 11.5. The molecule has 11 rings (SSSR count). The van der Waals surface area contributed by atoms with E-state index in [0.717, 1.165) is 50.1 Å². The fraction of sp³-hybridized carbons (Fsp3) is 0.0385. The average Bonchev–Trinajstić information content (AvgIpc) is 3.82. The number of para-hydroxylation sites is 2. The van der Waals surface area contributed by atoms with Crippen LogP contribution < -0.4 is 0 Å². The van der Waals surface area contributed by atoms with Crippen LogP contribution in [0.4, 0.5) is 0 Å². The third-order valence-electron chi connectivity index (χ3n) is 11.5. The third kappa shape index (κ3) is 5.14. The van der Waals surface area contributed by atoms with Gasteiger partial charge in [-0.15, -0.1) is 0 Å². The molecule has 264 valence electrons. The molecule has 0 saturated heterocycles. The maximum absolute atomic E-state index is 6.83. The van der Waals surface area contributed by atoms with Crippen LogP contribution in [0.15, 0.2) is 205 Å². The summed E-state index contributed by atoms with van der Waals surface area (Å²) in [7, 11) is 0. The molecule has 0 N–H and O–H groups in total. The average molecular weight is 718 g/mol. The summed E-state index contributed by atoms with van der Waals surface area (Å²) < 4.78 is 9.19. The lowest BCUT2D eigenvalue weighted by Gasteiger charge is -2.34. The zero-order valence-electron chi connectivity index (χ0n) is 30.5. The van der Waals surface area contributed by atoms with Crippen LogP contribution in [0, 0.1) is 0 Å². The second kappa shape index (κ2) is 12.9. The highest BCUT2D eigenvalue weighted by molar-refractivity contribution is 6.10. The molecule has 1 atom stereocenters. The van der Waals surface area contributed by atoms with Gasteiger partial charge in [-0.25, -0.2) is 9.97 Å². The minimum atomic E-state index is -0.644. The van der Waals surface area contributed by atoms with Gasteiger partial charge in [0.15, 0.2) is 5.58 Å². The molecule has 4 nitrogen and oxygen atoms in total. The van der Waals surface area contributed by atoms with Gasteiger partial charge >= 0.3 is 0 Å². The van der Waals surface area contributed by atoms with Crippen molar-refractivity contribution in [1.82, 2.24) is 14.5 Å². The Balaban J connectivity index is 1.10. The molecule has 0 bridgehead atoms. The molecular formula is C52H35N3O. The van der Waals surface area contributed by atoms with Gasteiger partial charge in [-0.1, -0.05) is 152 Å². The SMILES string of the molecule is C1=CC(c2ccc3c(c2)c2ccccc2n3-c2ccccc2)(c2ncnc3c2oc2ccc(-c4ccc(-c5ccccc5)cc4)cc23)CC(c2ccccc2)=C1. The zero-order chi connectivity index (χ0) is 37.1. The Morgan fingerprint density at radius 3 is 1.95 bits per heavy atom. The number of aromatic nitrogens is 3. The lowest BCUT2D eigenvalue weighted by molar-refractivity contribution is 0.599. The summed E-state index contributed by atoms with van der Waals surface area (Å²) in [5, 5.41) is 3.38. The van der Waals surface area contributed by atoms with E-state index in [1.807, 2.05) is 6.07 Å². The largest absolute Gasteiger partial charge is 0.452 e. The first-order valence-electron chi connectivity index (χ1n) is 19.1. The highest BCUT2D eigenvalue weighted by atomic mass is 16.3. The van der Waals surface area contributed by atoms with Crippen molar-refractivity contribution in [2.45, 2.75) is 11.8 Å². The summed E-state index contributed by atoms with van der Waals surface area (Å²) in [6.07, 6.45) is 9.16. The molecule has 4 heteroatoms. The van der Waals surface area contributed by atoms with Crippen molar-refractivity contribution < 1.29 is 4.42 Å². The fourth-order valence-electron chi connectivity index (χ4n) is 8.76. The second-order valence-corrected chi connectivity index (χ2v) is 14.6. The van der Waals surface area contributed by atoms with E-state index in [4.69, 9.17) is 14.4 Å². The van der Waals surface area contributed by atoms with Gasteiger partial charge in [-0.05, 0) is 87.8 Å². The first kappa shape index (κ1) is 32.2. The van der Waals surface area contributed by atoms with Crippen LogP contribution in [0.25, 0.3) is 77.4 Å². The van der Waals surface area contributed by atoms with Crippen molar-refractivity contribution in [3.8, 4) is 27.9 Å². The minimum Gasteiger partial charge on any atom is -0.452 e. The van der Waals surface area contributed by atoms with Crippen LogP contribution in [0.3, 0.4) is 0 Å². The van der Waals surface area contributed by atoms with Crippen molar-refractivity contribution in [3.05, 3.63) is 217 Å². The molecule has 10 aromatic rings. The number of furan rings is 1. The second-order valence-electron chi connectivity index (χ2n) is 14.6. The molecule has 0 saturated carbocycles. The first-order valence-corrected chi connectivity index (χ1v) is 19.1. The molecule has 0 amide bonds. The van der Waals surface area contributed by atoms with E-state index in [0.29, 0.717) is 12.0 Å². The van der Waals surface area contributed by atoms with Gasteiger partial charge in [0.2, 0.25) is 0 Å². The Morgan fingerprint density at radius 2 is 1.16 bits per heavy atom. The molecule has 3 aromatic heterocycles. The maximum atomic E-state index is 6.83. The molecule has 0 spiro atoms. The van der Waals surface area contributed by atoms with Crippen molar-refractivity contribution in [2.75, 3.05) is 0 Å². The summed E-state index contributed by atoms with van der Waals surface area (Å²) in [5.41, 5.74) is 14.3. The summed E-state index contributed by atoms with van der Waals surface area (Å²) in [6.45, 7) is 0. The fourth-order valence-corrected chi connectivity index (χ4v) is 8.76. The summed E-state index contributed by atoms with van der Waals surface area (Å²) in [5.74, 6) is 0. The number of benzene rings is 7. The molecular weight excluding hydrogens is 683 g/mol. The van der Waals surface area contributed by atoms with Gasteiger partial charge in [-0.3, -0.25) is 0 Å². The summed E-state index contributed by atoms with van der Waals surface area (Å²) in [6, 6.07) is 62.6. The standard InChI is InChI=1S/C52H35N3O/c1-4-13-35(14-5-1)37-22-24-38(25-23-37)39-26-29-48-45(31-39)49-50(56-48)51(54-34-53-49)52(30-12-17-40(33-52)36-15-6-2-7-16-36)41-27-28-47-44(32-41)43-20-10-11-21-46(43)55(47)42-18-8-3-9-19-42/h1-32,34H,33H2.